The molecule has 3 aromatic rings. The van der Waals surface area contributed by atoms with Crippen molar-refractivity contribution in [1.29, 1.82) is 0 Å². The number of carbonyl (C=O) groups excluding carboxylic acids is 2. The van der Waals surface area contributed by atoms with Gasteiger partial charge in [0.2, 0.25) is 0 Å². The Bertz CT molecular complexity index is 959. The number of thiazole rings is 1. The van der Waals surface area contributed by atoms with Crippen LogP contribution in [0.1, 0.15) is 25.8 Å². The molecule has 1 aromatic heterocycles. The molecule has 0 spiro atoms. The molecule has 0 fully saturated rings. The molecule has 0 amide bonds. The van der Waals surface area contributed by atoms with Gasteiger partial charge in [-0.1, -0.05) is 29.8 Å². The van der Waals surface area contributed by atoms with Gasteiger partial charge in [-0.3, -0.25) is 4.79 Å². The topological polar surface area (TPSA) is 65.5 Å². The molecule has 6 heteroatoms. The van der Waals surface area contributed by atoms with Crippen molar-refractivity contribution in [3.63, 3.8) is 0 Å². The van der Waals surface area contributed by atoms with Gasteiger partial charge >= 0.3 is 11.9 Å². The van der Waals surface area contributed by atoms with Gasteiger partial charge < -0.3 is 9.47 Å². The molecule has 0 aliphatic carbocycles. The van der Waals surface area contributed by atoms with Crippen molar-refractivity contribution < 1.29 is 19.1 Å². The Balaban J connectivity index is 1.73. The zero-order valence-corrected chi connectivity index (χ0v) is 16.1. The smallest absolute Gasteiger partial charge is 0.337 e. The molecule has 0 atom stereocenters. The first kappa shape index (κ1) is 18.8. The summed E-state index contributed by atoms with van der Waals surface area (Å²) in [5.74, 6) is -0.431. The number of rotatable bonds is 5. The molecular weight excluding hydrogens is 362 g/mol. The number of methoxy groups -OCH3 is 1. The van der Waals surface area contributed by atoms with E-state index in [9.17, 15) is 9.59 Å². The van der Waals surface area contributed by atoms with E-state index in [1.165, 1.54) is 24.0 Å². The van der Waals surface area contributed by atoms with Crippen molar-refractivity contribution in [2.24, 2.45) is 0 Å². The van der Waals surface area contributed by atoms with Crippen LogP contribution in [0.2, 0.25) is 0 Å². The van der Waals surface area contributed by atoms with Crippen molar-refractivity contribution in [2.45, 2.75) is 20.3 Å². The molecular formula is C21H19NO4S. The van der Waals surface area contributed by atoms with Gasteiger partial charge in [0.15, 0.2) is 0 Å². The lowest BCUT2D eigenvalue weighted by atomic mass is 10.1. The second kappa shape index (κ2) is 8.14. The fourth-order valence-corrected chi connectivity index (χ4v) is 3.55. The lowest BCUT2D eigenvalue weighted by Crippen LogP contribution is -2.11. The lowest BCUT2D eigenvalue weighted by molar-refractivity contribution is -0.133. The number of nitrogens with zero attached hydrogens (tertiary/aromatic N) is 1. The Kier molecular flexibility index (Phi) is 5.66. The van der Waals surface area contributed by atoms with Crippen LogP contribution >= 0.6 is 11.3 Å². The van der Waals surface area contributed by atoms with Gasteiger partial charge in [0, 0.05) is 10.4 Å². The summed E-state index contributed by atoms with van der Waals surface area (Å²) >= 11 is 1.49. The van der Waals surface area contributed by atoms with E-state index in [-0.39, 0.29) is 12.4 Å². The highest BCUT2D eigenvalue weighted by molar-refractivity contribution is 7.12. The normalized spacial score (nSPS) is 10.5. The molecule has 0 aliphatic heterocycles. The molecule has 0 radical (unpaired) electrons. The number of hydrogen-bond acceptors (Lipinski definition) is 6. The van der Waals surface area contributed by atoms with Crippen molar-refractivity contribution in [1.82, 2.24) is 4.98 Å². The molecule has 0 bridgehead atoms. The van der Waals surface area contributed by atoms with Crippen LogP contribution in [-0.2, 0) is 16.0 Å². The minimum absolute atomic E-state index is 0.132. The summed E-state index contributed by atoms with van der Waals surface area (Å²) in [5, 5.41) is 0.899. The zero-order valence-electron chi connectivity index (χ0n) is 15.3. The molecule has 1 heterocycles. The van der Waals surface area contributed by atoms with Crippen LogP contribution < -0.4 is 4.74 Å². The Morgan fingerprint density at radius 1 is 1.00 bits per heavy atom. The molecule has 5 nitrogen and oxygen atoms in total. The van der Waals surface area contributed by atoms with Crippen LogP contribution in [0.5, 0.6) is 5.75 Å². The van der Waals surface area contributed by atoms with Crippen molar-refractivity contribution in [3.8, 4) is 17.0 Å². The van der Waals surface area contributed by atoms with E-state index in [1.54, 1.807) is 24.3 Å². The Labute approximate surface area is 161 Å². The lowest BCUT2D eigenvalue weighted by Gasteiger charge is -2.06. The number of aryl methyl sites for hydroxylation is 2. The van der Waals surface area contributed by atoms with Gasteiger partial charge in [0.05, 0.1) is 29.8 Å². The minimum Gasteiger partial charge on any atom is -0.465 e. The third kappa shape index (κ3) is 4.60. The molecule has 0 saturated carbocycles. The maximum absolute atomic E-state index is 12.4. The SMILES string of the molecule is COC(=O)c1ccc(OC(=O)Cc2sc(C)nc2-c2ccc(C)cc2)cc1. The van der Waals surface area contributed by atoms with Crippen molar-refractivity contribution in [2.75, 3.05) is 7.11 Å². The average molecular weight is 381 g/mol. The van der Waals surface area contributed by atoms with Crippen LogP contribution in [0.15, 0.2) is 48.5 Å². The van der Waals surface area contributed by atoms with Crippen molar-refractivity contribution >= 4 is 23.3 Å². The summed E-state index contributed by atoms with van der Waals surface area (Å²) in [6.45, 7) is 3.95. The zero-order chi connectivity index (χ0) is 19.4. The molecule has 0 N–H and O–H groups in total. The van der Waals surface area contributed by atoms with Crippen molar-refractivity contribution in [3.05, 3.63) is 69.5 Å². The molecule has 0 unspecified atom stereocenters. The molecule has 0 saturated heterocycles. The van der Waals surface area contributed by atoms with Crippen LogP contribution in [0.25, 0.3) is 11.3 Å². The predicted octanol–water partition coefficient (Wildman–Crippen LogP) is 4.36. The van der Waals surface area contributed by atoms with Gasteiger partial charge in [-0.25, -0.2) is 9.78 Å². The van der Waals surface area contributed by atoms with Gasteiger partial charge in [-0.05, 0) is 38.1 Å². The first-order valence-corrected chi connectivity index (χ1v) is 9.20. The van der Waals surface area contributed by atoms with E-state index >= 15 is 0 Å². The first-order chi connectivity index (χ1) is 13.0. The van der Waals surface area contributed by atoms with E-state index in [0.29, 0.717) is 11.3 Å². The standard InChI is InChI=1S/C21H19NO4S/c1-13-4-6-15(7-5-13)20-18(27-14(2)22-20)12-19(23)26-17-10-8-16(9-11-17)21(24)25-3/h4-11H,12H2,1-3H3. The van der Waals surface area contributed by atoms with Gasteiger partial charge in [-0.2, -0.15) is 0 Å². The fraction of sp³-hybridized carbons (Fsp3) is 0.190. The summed E-state index contributed by atoms with van der Waals surface area (Å²) in [7, 11) is 1.32. The van der Waals surface area contributed by atoms with E-state index in [2.05, 4.69) is 9.72 Å². The third-order valence-electron chi connectivity index (χ3n) is 3.94. The summed E-state index contributed by atoms with van der Waals surface area (Å²) in [4.78, 5) is 29.3. The largest absolute Gasteiger partial charge is 0.465 e. The minimum atomic E-state index is -0.434. The van der Waals surface area contributed by atoms with E-state index < -0.39 is 5.97 Å². The monoisotopic (exact) mass is 381 g/mol. The highest BCUT2D eigenvalue weighted by atomic mass is 32.1. The fourth-order valence-electron chi connectivity index (χ4n) is 2.60. The summed E-state index contributed by atoms with van der Waals surface area (Å²) in [6, 6.07) is 14.3. The Morgan fingerprint density at radius 2 is 1.67 bits per heavy atom. The maximum atomic E-state index is 12.4. The van der Waals surface area contributed by atoms with Crippen LogP contribution in [0.3, 0.4) is 0 Å². The Morgan fingerprint density at radius 3 is 2.30 bits per heavy atom. The van der Waals surface area contributed by atoms with Gasteiger partial charge in [-0.15, -0.1) is 11.3 Å². The number of carbonyl (C=O) groups is 2. The number of esters is 2. The van der Waals surface area contributed by atoms with E-state index in [4.69, 9.17) is 4.74 Å². The number of hydrogen-bond donors (Lipinski definition) is 0. The number of aromatic nitrogens is 1. The van der Waals surface area contributed by atoms with Gasteiger partial charge in [0.1, 0.15) is 5.75 Å². The molecule has 0 aliphatic rings. The summed E-state index contributed by atoms with van der Waals surface area (Å²) < 4.78 is 10.0. The number of ether oxygens (including phenoxy) is 2. The van der Waals surface area contributed by atoms with Crippen LogP contribution in [-0.4, -0.2) is 24.0 Å². The first-order valence-electron chi connectivity index (χ1n) is 8.38. The van der Waals surface area contributed by atoms with Crippen LogP contribution in [0, 0.1) is 13.8 Å². The number of benzene rings is 2. The third-order valence-corrected chi connectivity index (χ3v) is 4.91. The summed E-state index contributed by atoms with van der Waals surface area (Å²) in [6.07, 6.45) is 0.132. The van der Waals surface area contributed by atoms with Crippen LogP contribution in [0.4, 0.5) is 0 Å². The van der Waals surface area contributed by atoms with E-state index in [1.807, 2.05) is 38.1 Å². The molecule has 2 aromatic carbocycles. The molecule has 27 heavy (non-hydrogen) atoms. The maximum Gasteiger partial charge on any atom is 0.337 e. The second-order valence-corrected chi connectivity index (χ2v) is 7.33. The van der Waals surface area contributed by atoms with Gasteiger partial charge in [0.25, 0.3) is 0 Å². The molecule has 3 rings (SSSR count). The highest BCUT2D eigenvalue weighted by Crippen LogP contribution is 2.29. The summed E-state index contributed by atoms with van der Waals surface area (Å²) in [5.41, 5.74) is 3.37. The predicted molar refractivity (Wildman–Crippen MR) is 104 cm³/mol. The Hall–Kier alpha value is -2.99. The molecule has 138 valence electrons. The second-order valence-electron chi connectivity index (χ2n) is 6.04. The quantitative estimate of drug-likeness (QED) is 0.485. The highest BCUT2D eigenvalue weighted by Gasteiger charge is 2.16. The van der Waals surface area contributed by atoms with E-state index in [0.717, 1.165) is 21.1 Å². The average Bonchev–Trinajstić information content (AvgIpc) is 3.02.